The fourth-order valence-electron chi connectivity index (χ4n) is 3.30. The number of sulfonamides is 1. The van der Waals surface area contributed by atoms with Gasteiger partial charge in [0.05, 0.1) is 10.9 Å². The molecule has 0 heterocycles. The maximum Gasteiger partial charge on any atom is 0.241 e. The van der Waals surface area contributed by atoms with Gasteiger partial charge in [-0.15, -0.1) is 11.8 Å². The van der Waals surface area contributed by atoms with Crippen molar-refractivity contribution in [3.8, 4) is 0 Å². The van der Waals surface area contributed by atoms with Crippen LogP contribution < -0.4 is 10.0 Å². The number of hydrogen-bond donors (Lipinski definition) is 2. The van der Waals surface area contributed by atoms with E-state index in [9.17, 15) is 13.2 Å². The number of benzene rings is 3. The second-order valence-electron chi connectivity index (χ2n) is 7.68. The van der Waals surface area contributed by atoms with Gasteiger partial charge in [-0.05, 0) is 61.9 Å². The van der Waals surface area contributed by atoms with E-state index in [1.165, 1.54) is 0 Å². The highest BCUT2D eigenvalue weighted by atomic mass is 32.2. The van der Waals surface area contributed by atoms with Gasteiger partial charge in [-0.1, -0.05) is 60.2 Å². The molecule has 0 aliphatic heterocycles. The van der Waals surface area contributed by atoms with Crippen LogP contribution in [0.25, 0.3) is 0 Å². The first kappa shape index (κ1) is 24.0. The van der Waals surface area contributed by atoms with Crippen LogP contribution in [0.3, 0.4) is 0 Å². The average molecular weight is 469 g/mol. The topological polar surface area (TPSA) is 75.3 Å². The van der Waals surface area contributed by atoms with Crippen LogP contribution in [0.15, 0.2) is 88.7 Å². The van der Waals surface area contributed by atoms with Gasteiger partial charge in [0, 0.05) is 4.90 Å². The molecule has 0 radical (unpaired) electrons. The smallest absolute Gasteiger partial charge is 0.241 e. The first-order chi connectivity index (χ1) is 15.3. The molecule has 0 aliphatic rings. The number of hydrogen-bond acceptors (Lipinski definition) is 4. The summed E-state index contributed by atoms with van der Waals surface area (Å²) in [7, 11) is -3.86. The monoisotopic (exact) mass is 468 g/mol. The molecule has 1 amide bonds. The number of carbonyl (C=O) groups is 1. The number of carbonyl (C=O) groups excluding carboxylic acids is 1. The summed E-state index contributed by atoms with van der Waals surface area (Å²) in [6.07, 6.45) is 2.25. The van der Waals surface area contributed by atoms with Crippen LogP contribution in [0.4, 0.5) is 0 Å². The Kier molecular flexibility index (Phi) is 8.12. The van der Waals surface area contributed by atoms with Crippen LogP contribution in [0.1, 0.15) is 29.7 Å². The van der Waals surface area contributed by atoms with E-state index >= 15 is 0 Å². The molecule has 0 unspecified atom stereocenters. The van der Waals surface area contributed by atoms with Crippen molar-refractivity contribution < 1.29 is 13.2 Å². The third kappa shape index (κ3) is 6.45. The predicted octanol–water partition coefficient (Wildman–Crippen LogP) is 4.48. The highest BCUT2D eigenvalue weighted by Gasteiger charge is 2.27. The number of nitrogens with one attached hydrogen (secondary N) is 2. The summed E-state index contributed by atoms with van der Waals surface area (Å²) >= 11 is 1.65. The molecule has 3 aromatic carbocycles. The zero-order chi connectivity index (χ0) is 23.1. The lowest BCUT2D eigenvalue weighted by Crippen LogP contribution is -2.48. The maximum absolute atomic E-state index is 13.2. The molecule has 3 aromatic rings. The first-order valence-corrected chi connectivity index (χ1v) is 13.1. The van der Waals surface area contributed by atoms with Crippen molar-refractivity contribution in [3.63, 3.8) is 0 Å². The van der Waals surface area contributed by atoms with Crippen LogP contribution in [0.5, 0.6) is 0 Å². The SMILES string of the molecule is CSc1ccc([C@H](C)NC(=O)[C@@H](Cc2ccccc2)NS(=O)(=O)c2ccc(C)cc2)cc1. The van der Waals surface area contributed by atoms with Gasteiger partial charge in [-0.2, -0.15) is 4.72 Å². The Morgan fingerprint density at radius 2 is 1.56 bits per heavy atom. The summed E-state index contributed by atoms with van der Waals surface area (Å²) in [6.45, 7) is 3.78. The minimum atomic E-state index is -3.86. The van der Waals surface area contributed by atoms with Crippen LogP contribution >= 0.6 is 11.8 Å². The van der Waals surface area contributed by atoms with Crippen LogP contribution in [0.2, 0.25) is 0 Å². The molecule has 0 aromatic heterocycles. The van der Waals surface area contributed by atoms with Gasteiger partial charge in [0.15, 0.2) is 0 Å². The minimum Gasteiger partial charge on any atom is -0.348 e. The van der Waals surface area contributed by atoms with Crippen LogP contribution in [0, 0.1) is 6.92 Å². The van der Waals surface area contributed by atoms with Gasteiger partial charge in [0.1, 0.15) is 6.04 Å². The Labute approximate surface area is 194 Å². The van der Waals surface area contributed by atoms with Crippen molar-refractivity contribution in [2.75, 3.05) is 6.26 Å². The third-order valence-electron chi connectivity index (χ3n) is 5.20. The Bertz CT molecular complexity index is 1130. The van der Waals surface area contributed by atoms with Crippen molar-refractivity contribution in [3.05, 3.63) is 95.6 Å². The van der Waals surface area contributed by atoms with Crippen molar-refractivity contribution in [1.82, 2.24) is 10.0 Å². The summed E-state index contributed by atoms with van der Waals surface area (Å²) < 4.78 is 28.6. The number of thioether (sulfide) groups is 1. The molecule has 32 heavy (non-hydrogen) atoms. The molecule has 0 aliphatic carbocycles. The van der Waals surface area contributed by atoms with Crippen LogP contribution in [-0.2, 0) is 21.2 Å². The van der Waals surface area contributed by atoms with E-state index in [2.05, 4.69) is 10.0 Å². The predicted molar refractivity (Wildman–Crippen MR) is 130 cm³/mol. The van der Waals surface area contributed by atoms with Crippen molar-refractivity contribution in [2.45, 2.75) is 42.1 Å². The molecule has 0 spiro atoms. The van der Waals surface area contributed by atoms with Gasteiger partial charge in [0.25, 0.3) is 0 Å². The number of rotatable bonds is 9. The Balaban J connectivity index is 1.81. The first-order valence-electron chi connectivity index (χ1n) is 10.4. The average Bonchev–Trinajstić information content (AvgIpc) is 2.79. The van der Waals surface area contributed by atoms with E-state index in [4.69, 9.17) is 0 Å². The van der Waals surface area contributed by atoms with E-state index in [1.54, 1.807) is 36.0 Å². The van der Waals surface area contributed by atoms with E-state index in [-0.39, 0.29) is 23.3 Å². The minimum absolute atomic E-state index is 0.134. The summed E-state index contributed by atoms with van der Waals surface area (Å²) in [6, 6.07) is 22.7. The van der Waals surface area contributed by atoms with Crippen molar-refractivity contribution in [2.24, 2.45) is 0 Å². The molecule has 5 nitrogen and oxygen atoms in total. The Hall–Kier alpha value is -2.61. The molecule has 2 N–H and O–H groups in total. The zero-order valence-electron chi connectivity index (χ0n) is 18.4. The largest absolute Gasteiger partial charge is 0.348 e. The summed E-state index contributed by atoms with van der Waals surface area (Å²) in [5.41, 5.74) is 2.79. The van der Waals surface area contributed by atoms with Crippen molar-refractivity contribution >= 4 is 27.7 Å². The number of amides is 1. The highest BCUT2D eigenvalue weighted by molar-refractivity contribution is 7.98. The number of aryl methyl sites for hydroxylation is 1. The Morgan fingerprint density at radius 3 is 2.16 bits per heavy atom. The molecule has 7 heteroatoms. The fraction of sp³-hybridized carbons (Fsp3) is 0.240. The molecule has 0 saturated heterocycles. The second-order valence-corrected chi connectivity index (χ2v) is 10.3. The van der Waals surface area contributed by atoms with Crippen LogP contribution in [-0.4, -0.2) is 26.6 Å². The van der Waals surface area contributed by atoms with Crippen molar-refractivity contribution in [1.29, 1.82) is 0 Å². The highest BCUT2D eigenvalue weighted by Crippen LogP contribution is 2.19. The van der Waals surface area contributed by atoms with E-state index in [1.807, 2.05) is 74.7 Å². The molecule has 3 rings (SSSR count). The van der Waals surface area contributed by atoms with E-state index in [0.717, 1.165) is 21.6 Å². The molecule has 2 atom stereocenters. The summed E-state index contributed by atoms with van der Waals surface area (Å²) in [5, 5.41) is 2.96. The summed E-state index contributed by atoms with van der Waals surface area (Å²) in [4.78, 5) is 14.4. The maximum atomic E-state index is 13.2. The second kappa shape index (κ2) is 10.8. The quantitative estimate of drug-likeness (QED) is 0.454. The summed E-state index contributed by atoms with van der Waals surface area (Å²) in [5.74, 6) is -0.369. The third-order valence-corrected chi connectivity index (χ3v) is 7.43. The molecular formula is C25H28N2O3S2. The normalized spacial score (nSPS) is 13.3. The molecule has 168 valence electrons. The van der Waals surface area contributed by atoms with E-state index < -0.39 is 16.1 Å². The fourth-order valence-corrected chi connectivity index (χ4v) is 4.90. The Morgan fingerprint density at radius 1 is 0.938 bits per heavy atom. The van der Waals surface area contributed by atoms with Gasteiger partial charge in [-0.25, -0.2) is 8.42 Å². The van der Waals surface area contributed by atoms with Gasteiger partial charge in [-0.3, -0.25) is 4.79 Å². The lowest BCUT2D eigenvalue weighted by Gasteiger charge is -2.22. The standard InChI is InChI=1S/C25H28N2O3S2/c1-18-9-15-23(16-10-18)32(29,30)27-24(17-20-7-5-4-6-8-20)25(28)26-19(2)21-11-13-22(31-3)14-12-21/h4-16,19,24,27H,17H2,1-3H3,(H,26,28)/t19-,24+/m0/s1. The zero-order valence-corrected chi connectivity index (χ0v) is 20.0. The molecule has 0 saturated carbocycles. The van der Waals surface area contributed by atoms with Gasteiger partial charge >= 0.3 is 0 Å². The van der Waals surface area contributed by atoms with Gasteiger partial charge in [0.2, 0.25) is 15.9 Å². The molecule has 0 fully saturated rings. The lowest BCUT2D eigenvalue weighted by atomic mass is 10.0. The molecular weight excluding hydrogens is 440 g/mol. The van der Waals surface area contributed by atoms with Gasteiger partial charge < -0.3 is 5.32 Å². The van der Waals surface area contributed by atoms with E-state index in [0.29, 0.717) is 0 Å². The lowest BCUT2D eigenvalue weighted by molar-refractivity contribution is -0.123. The molecule has 0 bridgehead atoms.